The number of carbonyl (C=O) groups is 3. The fourth-order valence-electron chi connectivity index (χ4n) is 9.70. The summed E-state index contributed by atoms with van der Waals surface area (Å²) < 4.78 is 12.8. The van der Waals surface area contributed by atoms with Gasteiger partial charge in [-0.2, -0.15) is 5.10 Å². The number of aliphatic hydroxyl groups is 1. The van der Waals surface area contributed by atoms with E-state index in [4.69, 9.17) is 14.6 Å². The van der Waals surface area contributed by atoms with E-state index in [1.807, 2.05) is 121 Å². The van der Waals surface area contributed by atoms with E-state index in [1.165, 1.54) is 10.2 Å². The summed E-state index contributed by atoms with van der Waals surface area (Å²) in [5.74, 6) is 0.0653. The SMILES string of the molecule is COc1ccc([Si](C)(C)[C@H]2[C@H](CC(=O)N(CCO)Cc3ccccc3)O[C@@]3(C(=O)N(Cc4cccc(N5N=C(c6ccccc6)CCC5=O)c4)c4ccccc43)[C@@H]2C)cc1. The molecular weight excluding hydrogens is 769 g/mol. The van der Waals surface area contributed by atoms with Crippen LogP contribution in [0.4, 0.5) is 11.4 Å². The summed E-state index contributed by atoms with van der Waals surface area (Å²) in [5, 5.41) is 17.5. The van der Waals surface area contributed by atoms with E-state index in [-0.39, 0.29) is 55.3 Å². The van der Waals surface area contributed by atoms with Gasteiger partial charge in [0.2, 0.25) is 11.8 Å². The van der Waals surface area contributed by atoms with Crippen LogP contribution < -0.4 is 19.8 Å². The van der Waals surface area contributed by atoms with Crippen LogP contribution in [-0.2, 0) is 37.8 Å². The number of benzene rings is 5. The first kappa shape index (κ1) is 40.9. The Morgan fingerprint density at radius 2 is 1.57 bits per heavy atom. The highest BCUT2D eigenvalue weighted by molar-refractivity contribution is 6.91. The lowest BCUT2D eigenvalue weighted by Crippen LogP contribution is -2.52. The number of anilines is 2. The van der Waals surface area contributed by atoms with Crippen LogP contribution in [0.1, 0.15) is 48.4 Å². The molecule has 5 aromatic carbocycles. The number of fused-ring (bicyclic) bond motifs is 2. The molecule has 0 aromatic heterocycles. The number of rotatable bonds is 13. The van der Waals surface area contributed by atoms with Crippen molar-refractivity contribution in [1.29, 1.82) is 0 Å². The van der Waals surface area contributed by atoms with E-state index in [9.17, 15) is 14.7 Å². The predicted molar refractivity (Wildman–Crippen MR) is 237 cm³/mol. The van der Waals surface area contributed by atoms with Crippen molar-refractivity contribution >= 4 is 48.1 Å². The summed E-state index contributed by atoms with van der Waals surface area (Å²) in [7, 11) is -0.878. The summed E-state index contributed by atoms with van der Waals surface area (Å²) in [5.41, 5.74) is 4.33. The molecule has 8 rings (SSSR count). The normalized spacial score (nSPS) is 21.3. The number of hydrogen-bond donors (Lipinski definition) is 1. The van der Waals surface area contributed by atoms with E-state index in [0.29, 0.717) is 25.1 Å². The van der Waals surface area contributed by atoms with E-state index >= 15 is 4.79 Å². The summed E-state index contributed by atoms with van der Waals surface area (Å²) in [6.07, 6.45) is 0.383. The Morgan fingerprint density at radius 3 is 2.28 bits per heavy atom. The third-order valence-corrected chi connectivity index (χ3v) is 17.1. The second-order valence-corrected chi connectivity index (χ2v) is 21.3. The molecule has 0 unspecified atom stereocenters. The molecule has 3 heterocycles. The highest BCUT2D eigenvalue weighted by Gasteiger charge is 2.66. The largest absolute Gasteiger partial charge is 0.497 e. The highest BCUT2D eigenvalue weighted by atomic mass is 28.3. The van der Waals surface area contributed by atoms with E-state index in [0.717, 1.165) is 39.4 Å². The van der Waals surface area contributed by atoms with Gasteiger partial charge in [0, 0.05) is 37.4 Å². The van der Waals surface area contributed by atoms with Crippen molar-refractivity contribution in [2.75, 3.05) is 30.2 Å². The standard InChI is InChI=1S/C49H52N4O6Si/c1-34-47(60(3,4)40-24-22-39(58-2)23-25-40)44(31-46(56)51(28-29-54)32-35-14-7-5-8-15-35)59-49(34)41-20-11-12-21-43(41)52(48(49)57)33-36-16-13-19-38(30-36)53-45(55)27-26-42(50-53)37-17-9-6-10-18-37/h5-25,30,34,44,47,54H,26-29,31-33H2,1-4H3/t34-,44+,47-,49+/m1/s1. The van der Waals surface area contributed by atoms with Gasteiger partial charge in [0.1, 0.15) is 5.75 Å². The van der Waals surface area contributed by atoms with Crippen LogP contribution >= 0.6 is 0 Å². The molecule has 1 saturated heterocycles. The summed E-state index contributed by atoms with van der Waals surface area (Å²) >= 11 is 0. The fraction of sp³-hybridized carbons (Fsp3) is 0.306. The Bertz CT molecular complexity index is 2390. The third kappa shape index (κ3) is 7.57. The van der Waals surface area contributed by atoms with Gasteiger partial charge in [0.15, 0.2) is 5.60 Å². The van der Waals surface area contributed by atoms with Crippen LogP contribution in [0, 0.1) is 5.92 Å². The molecule has 1 N–H and O–H groups in total. The minimum absolute atomic E-state index is 0.0585. The molecule has 0 bridgehead atoms. The zero-order valence-electron chi connectivity index (χ0n) is 34.7. The lowest BCUT2D eigenvalue weighted by Gasteiger charge is -2.37. The zero-order chi connectivity index (χ0) is 42.0. The van der Waals surface area contributed by atoms with E-state index < -0.39 is 19.8 Å². The number of para-hydroxylation sites is 1. The van der Waals surface area contributed by atoms with Gasteiger partial charge in [0.25, 0.3) is 5.91 Å². The minimum atomic E-state index is -2.53. The average molecular weight is 821 g/mol. The Labute approximate surface area is 353 Å². The quantitative estimate of drug-likeness (QED) is 0.124. The maximum absolute atomic E-state index is 15.4. The Kier molecular flexibility index (Phi) is 11.6. The molecule has 0 aliphatic carbocycles. The number of hydrogen-bond acceptors (Lipinski definition) is 7. The third-order valence-electron chi connectivity index (χ3n) is 12.7. The molecule has 4 atom stereocenters. The van der Waals surface area contributed by atoms with Gasteiger partial charge in [-0.1, -0.05) is 128 Å². The Hall–Kier alpha value is -5.88. The van der Waals surface area contributed by atoms with Crippen LogP contribution in [0.2, 0.25) is 18.6 Å². The molecule has 5 aromatic rings. The molecular formula is C49H52N4O6Si. The van der Waals surface area contributed by atoms with Gasteiger partial charge in [-0.05, 0) is 52.6 Å². The van der Waals surface area contributed by atoms with Gasteiger partial charge < -0.3 is 24.4 Å². The lowest BCUT2D eigenvalue weighted by molar-refractivity contribution is -0.150. The maximum atomic E-state index is 15.4. The van der Waals surface area contributed by atoms with Crippen LogP contribution in [-0.4, -0.2) is 67.9 Å². The van der Waals surface area contributed by atoms with Crippen molar-refractivity contribution in [3.05, 3.63) is 156 Å². The molecule has 3 aliphatic heterocycles. The first-order valence-corrected chi connectivity index (χ1v) is 23.8. The molecule has 11 heteroatoms. The van der Waals surface area contributed by atoms with Crippen molar-refractivity contribution < 1.29 is 29.0 Å². The molecule has 3 aliphatic rings. The number of aliphatic hydroxyl groups excluding tert-OH is 1. The molecule has 308 valence electrons. The van der Waals surface area contributed by atoms with Gasteiger partial charge in [-0.15, -0.1) is 0 Å². The summed E-state index contributed by atoms with van der Waals surface area (Å²) in [6, 6.07) is 43.3. The van der Waals surface area contributed by atoms with Crippen LogP contribution in [0.5, 0.6) is 5.75 Å². The smallest absolute Gasteiger partial charge is 0.264 e. The van der Waals surface area contributed by atoms with Gasteiger partial charge in [-0.25, -0.2) is 5.01 Å². The second kappa shape index (κ2) is 17.0. The van der Waals surface area contributed by atoms with Crippen LogP contribution in [0.25, 0.3) is 0 Å². The molecule has 0 radical (unpaired) electrons. The van der Waals surface area contributed by atoms with Gasteiger partial charge in [-0.3, -0.25) is 14.4 Å². The van der Waals surface area contributed by atoms with Crippen LogP contribution in [0.15, 0.2) is 139 Å². The molecule has 1 spiro atoms. The molecule has 3 amide bonds. The Morgan fingerprint density at radius 1 is 0.883 bits per heavy atom. The van der Waals surface area contributed by atoms with Crippen molar-refractivity contribution in [3.8, 4) is 5.75 Å². The lowest BCUT2D eigenvalue weighted by atomic mass is 9.82. The van der Waals surface area contributed by atoms with E-state index in [1.54, 1.807) is 16.9 Å². The second-order valence-electron chi connectivity index (χ2n) is 16.6. The monoisotopic (exact) mass is 820 g/mol. The molecule has 60 heavy (non-hydrogen) atoms. The van der Waals surface area contributed by atoms with Crippen molar-refractivity contribution in [1.82, 2.24) is 4.90 Å². The number of amides is 3. The number of ether oxygens (including phenoxy) is 2. The topological polar surface area (TPSA) is 112 Å². The van der Waals surface area contributed by atoms with Crippen molar-refractivity contribution in [2.45, 2.75) is 69.6 Å². The number of hydrazone groups is 1. The highest BCUT2D eigenvalue weighted by Crippen LogP contribution is 2.60. The Balaban J connectivity index is 1.14. The first-order valence-electron chi connectivity index (χ1n) is 20.8. The van der Waals surface area contributed by atoms with Gasteiger partial charge >= 0.3 is 0 Å². The van der Waals surface area contributed by atoms with Crippen molar-refractivity contribution in [2.24, 2.45) is 11.0 Å². The van der Waals surface area contributed by atoms with Gasteiger partial charge in [0.05, 0.1) is 57.9 Å². The minimum Gasteiger partial charge on any atom is -0.497 e. The predicted octanol–water partition coefficient (Wildman–Crippen LogP) is 7.40. The first-order chi connectivity index (χ1) is 29.0. The average Bonchev–Trinajstić information content (AvgIpc) is 3.70. The number of nitrogens with zero attached hydrogens (tertiary/aromatic N) is 4. The zero-order valence-corrected chi connectivity index (χ0v) is 35.7. The molecule has 1 fully saturated rings. The molecule has 10 nitrogen and oxygen atoms in total. The maximum Gasteiger partial charge on any atom is 0.264 e. The fourth-order valence-corrected chi connectivity index (χ4v) is 13.7. The van der Waals surface area contributed by atoms with Crippen LogP contribution in [0.3, 0.4) is 0 Å². The summed E-state index contributed by atoms with van der Waals surface area (Å²) in [4.78, 5) is 46.6. The van der Waals surface area contributed by atoms with E-state index in [2.05, 4.69) is 32.2 Å². The summed E-state index contributed by atoms with van der Waals surface area (Å²) in [6.45, 7) is 7.32. The number of carbonyl (C=O) groups excluding carboxylic acids is 3. The number of methoxy groups -OCH3 is 1. The molecule has 0 saturated carbocycles. The van der Waals surface area contributed by atoms with Crippen molar-refractivity contribution in [3.63, 3.8) is 0 Å².